The fraction of sp³-hybridized carbons (Fsp3) is 0.684. The standard InChI is InChI=1S/C19H27N7O/c1-12(2)26-8-13(6-20-26)7-24-9-14-5-17-22-23-18(19(27)21-16-3-4-16)25(17)11-15(14)10-24/h6,8,12,14-16H,3-5,7,9-11H2,1-2H3,(H,21,27)/t14-,15+/m1/s1. The molecule has 0 spiro atoms. The molecule has 1 saturated heterocycles. The molecule has 0 radical (unpaired) electrons. The van der Waals surface area contributed by atoms with Gasteiger partial charge in [-0.25, -0.2) is 0 Å². The third kappa shape index (κ3) is 3.26. The van der Waals surface area contributed by atoms with Gasteiger partial charge in [0.1, 0.15) is 5.82 Å². The van der Waals surface area contributed by atoms with Crippen molar-refractivity contribution in [3.63, 3.8) is 0 Å². The first kappa shape index (κ1) is 16.9. The number of amides is 1. The van der Waals surface area contributed by atoms with Crippen LogP contribution in [0.5, 0.6) is 0 Å². The van der Waals surface area contributed by atoms with Crippen LogP contribution in [0, 0.1) is 11.8 Å². The summed E-state index contributed by atoms with van der Waals surface area (Å²) in [7, 11) is 0. The predicted octanol–water partition coefficient (Wildman–Crippen LogP) is 1.25. The van der Waals surface area contributed by atoms with Crippen LogP contribution in [-0.4, -0.2) is 54.5 Å². The molecule has 1 aliphatic carbocycles. The number of carbonyl (C=O) groups excluding carboxylic acids is 1. The van der Waals surface area contributed by atoms with E-state index in [4.69, 9.17) is 0 Å². The van der Waals surface area contributed by atoms with E-state index in [9.17, 15) is 4.79 Å². The van der Waals surface area contributed by atoms with Gasteiger partial charge in [-0.1, -0.05) is 0 Å². The van der Waals surface area contributed by atoms with E-state index in [0.717, 1.165) is 51.3 Å². The summed E-state index contributed by atoms with van der Waals surface area (Å²) < 4.78 is 4.07. The highest BCUT2D eigenvalue weighted by Crippen LogP contribution is 2.33. The summed E-state index contributed by atoms with van der Waals surface area (Å²) in [5, 5.41) is 16.0. The summed E-state index contributed by atoms with van der Waals surface area (Å²) in [4.78, 5) is 14.9. The van der Waals surface area contributed by atoms with E-state index < -0.39 is 0 Å². The fourth-order valence-electron chi connectivity index (χ4n) is 4.40. The minimum atomic E-state index is -0.0642. The second kappa shape index (κ2) is 6.44. The number of carbonyl (C=O) groups is 1. The number of aromatic nitrogens is 5. The number of nitrogens with zero attached hydrogens (tertiary/aromatic N) is 6. The zero-order valence-corrected chi connectivity index (χ0v) is 16.0. The van der Waals surface area contributed by atoms with Crippen molar-refractivity contribution in [2.24, 2.45) is 11.8 Å². The Morgan fingerprint density at radius 3 is 2.78 bits per heavy atom. The Morgan fingerprint density at radius 2 is 2.04 bits per heavy atom. The molecule has 3 aliphatic rings. The first-order valence-corrected chi connectivity index (χ1v) is 10.0. The van der Waals surface area contributed by atoms with Crippen molar-refractivity contribution >= 4 is 5.91 Å². The van der Waals surface area contributed by atoms with Gasteiger partial charge in [-0.05, 0) is 38.5 Å². The zero-order valence-electron chi connectivity index (χ0n) is 16.0. The highest BCUT2D eigenvalue weighted by Gasteiger charge is 2.39. The van der Waals surface area contributed by atoms with Gasteiger partial charge in [0.2, 0.25) is 5.82 Å². The lowest BCUT2D eigenvalue weighted by atomic mass is 9.89. The highest BCUT2D eigenvalue weighted by atomic mass is 16.2. The van der Waals surface area contributed by atoms with Crippen molar-refractivity contribution in [2.45, 2.75) is 58.3 Å². The molecule has 0 bridgehead atoms. The smallest absolute Gasteiger partial charge is 0.289 e. The largest absolute Gasteiger partial charge is 0.347 e. The van der Waals surface area contributed by atoms with Gasteiger partial charge in [-0.3, -0.25) is 14.4 Å². The summed E-state index contributed by atoms with van der Waals surface area (Å²) in [6.07, 6.45) is 7.22. The van der Waals surface area contributed by atoms with E-state index in [1.807, 2.05) is 10.9 Å². The number of hydrogen-bond acceptors (Lipinski definition) is 5. The Kier molecular flexibility index (Phi) is 4.03. The van der Waals surface area contributed by atoms with E-state index in [-0.39, 0.29) is 5.91 Å². The molecule has 4 heterocycles. The Bertz CT molecular complexity index is 850. The Hall–Kier alpha value is -2.22. The molecule has 2 atom stereocenters. The van der Waals surface area contributed by atoms with E-state index in [0.29, 0.717) is 29.7 Å². The van der Waals surface area contributed by atoms with E-state index >= 15 is 0 Å². The van der Waals surface area contributed by atoms with Crippen LogP contribution in [0.25, 0.3) is 0 Å². The van der Waals surface area contributed by atoms with Gasteiger partial charge >= 0.3 is 0 Å². The molecule has 2 aromatic rings. The molecule has 0 aromatic carbocycles. The maximum Gasteiger partial charge on any atom is 0.289 e. The van der Waals surface area contributed by atoms with Crippen LogP contribution < -0.4 is 5.32 Å². The van der Waals surface area contributed by atoms with Crippen molar-refractivity contribution in [3.05, 3.63) is 29.6 Å². The summed E-state index contributed by atoms with van der Waals surface area (Å²) in [6.45, 7) is 8.21. The number of nitrogens with one attached hydrogen (secondary N) is 1. The lowest BCUT2D eigenvalue weighted by Gasteiger charge is -2.25. The van der Waals surface area contributed by atoms with E-state index in [1.54, 1.807) is 0 Å². The number of rotatable bonds is 5. The summed E-state index contributed by atoms with van der Waals surface area (Å²) in [6, 6.07) is 0.736. The molecule has 8 nitrogen and oxygen atoms in total. The van der Waals surface area contributed by atoms with Crippen molar-refractivity contribution in [1.29, 1.82) is 0 Å². The maximum atomic E-state index is 12.4. The molecule has 2 aromatic heterocycles. The minimum Gasteiger partial charge on any atom is -0.347 e. The summed E-state index contributed by atoms with van der Waals surface area (Å²) in [5.41, 5.74) is 1.27. The maximum absolute atomic E-state index is 12.4. The molecule has 1 N–H and O–H groups in total. The lowest BCUT2D eigenvalue weighted by molar-refractivity contribution is 0.0932. The first-order chi connectivity index (χ1) is 13.1. The summed E-state index contributed by atoms with van der Waals surface area (Å²) in [5.74, 6) is 2.55. The van der Waals surface area contributed by atoms with Crippen LogP contribution in [-0.2, 0) is 19.5 Å². The molecule has 5 rings (SSSR count). The molecule has 0 unspecified atom stereocenters. The van der Waals surface area contributed by atoms with Gasteiger partial charge in [-0.2, -0.15) is 5.10 Å². The molecule has 1 amide bonds. The molecule has 2 aliphatic heterocycles. The van der Waals surface area contributed by atoms with Gasteiger partial charge < -0.3 is 9.88 Å². The third-order valence-corrected chi connectivity index (χ3v) is 6.05. The normalized spacial score (nSPS) is 24.9. The lowest BCUT2D eigenvalue weighted by Crippen LogP contribution is -2.33. The highest BCUT2D eigenvalue weighted by molar-refractivity contribution is 5.91. The SMILES string of the molecule is CC(C)n1cc(CN2C[C@H]3Cc4nnc(C(=O)NC5CC5)n4C[C@@H]3C2)cn1. The third-order valence-electron chi connectivity index (χ3n) is 6.05. The number of likely N-dealkylation sites (tertiary alicyclic amines) is 1. The average Bonchev–Trinajstić information content (AvgIpc) is 3.05. The van der Waals surface area contributed by atoms with Crippen molar-refractivity contribution < 1.29 is 4.79 Å². The molecule has 1 saturated carbocycles. The molecular formula is C19H27N7O. The van der Waals surface area contributed by atoms with Crippen molar-refractivity contribution in [2.75, 3.05) is 13.1 Å². The Labute approximate surface area is 158 Å². The summed E-state index contributed by atoms with van der Waals surface area (Å²) >= 11 is 0. The van der Waals surface area contributed by atoms with Crippen LogP contribution in [0.3, 0.4) is 0 Å². The van der Waals surface area contributed by atoms with Gasteiger partial charge in [0.15, 0.2) is 0 Å². The molecule has 8 heteroatoms. The second-order valence-corrected chi connectivity index (χ2v) is 8.64. The van der Waals surface area contributed by atoms with Crippen LogP contribution in [0.4, 0.5) is 0 Å². The Morgan fingerprint density at radius 1 is 1.22 bits per heavy atom. The topological polar surface area (TPSA) is 80.9 Å². The molecule has 144 valence electrons. The second-order valence-electron chi connectivity index (χ2n) is 8.64. The van der Waals surface area contributed by atoms with E-state index in [1.165, 1.54) is 5.56 Å². The van der Waals surface area contributed by atoms with Gasteiger partial charge in [0.25, 0.3) is 5.91 Å². The first-order valence-electron chi connectivity index (χ1n) is 10.0. The van der Waals surface area contributed by atoms with Crippen LogP contribution in [0.15, 0.2) is 12.4 Å². The molecule has 2 fully saturated rings. The number of fused-ring (bicyclic) bond motifs is 2. The monoisotopic (exact) mass is 369 g/mol. The van der Waals surface area contributed by atoms with E-state index in [2.05, 4.69) is 50.1 Å². The average molecular weight is 369 g/mol. The van der Waals surface area contributed by atoms with Crippen molar-refractivity contribution in [1.82, 2.24) is 34.8 Å². The minimum absolute atomic E-state index is 0.0642. The van der Waals surface area contributed by atoms with Gasteiger partial charge in [-0.15, -0.1) is 10.2 Å². The predicted molar refractivity (Wildman–Crippen MR) is 99.1 cm³/mol. The van der Waals surface area contributed by atoms with Crippen molar-refractivity contribution in [3.8, 4) is 0 Å². The van der Waals surface area contributed by atoms with Gasteiger partial charge in [0.05, 0.1) is 6.20 Å². The van der Waals surface area contributed by atoms with Crippen LogP contribution in [0.2, 0.25) is 0 Å². The Balaban J connectivity index is 1.25. The molecule has 27 heavy (non-hydrogen) atoms. The van der Waals surface area contributed by atoms with Gasteiger partial charge in [0, 0.05) is 56.4 Å². The van der Waals surface area contributed by atoms with Crippen LogP contribution >= 0.6 is 0 Å². The quantitative estimate of drug-likeness (QED) is 0.858. The van der Waals surface area contributed by atoms with Crippen LogP contribution in [0.1, 0.15) is 54.7 Å². The number of hydrogen-bond donors (Lipinski definition) is 1. The fourth-order valence-corrected chi connectivity index (χ4v) is 4.40. The zero-order chi connectivity index (χ0) is 18.5. The molecular weight excluding hydrogens is 342 g/mol.